The number of nitro groups is 1. The molecule has 2 aromatic heterocycles. The van der Waals surface area contributed by atoms with E-state index >= 15 is 0 Å². The van der Waals surface area contributed by atoms with Gasteiger partial charge in [0.25, 0.3) is 11.6 Å². The number of benzene rings is 1. The number of rotatable bonds is 7. The van der Waals surface area contributed by atoms with Crippen molar-refractivity contribution in [3.05, 3.63) is 69.4 Å². The number of nitro benzene ring substituents is 1. The van der Waals surface area contributed by atoms with Gasteiger partial charge in [0, 0.05) is 12.3 Å². The van der Waals surface area contributed by atoms with Crippen LogP contribution in [-0.2, 0) is 13.2 Å². The van der Waals surface area contributed by atoms with E-state index in [0.29, 0.717) is 4.68 Å². The first-order chi connectivity index (χ1) is 14.1. The van der Waals surface area contributed by atoms with Crippen molar-refractivity contribution in [1.82, 2.24) is 9.78 Å². The fourth-order valence-electron chi connectivity index (χ4n) is 2.33. The monoisotopic (exact) mass is 444 g/mol. The Labute approximate surface area is 171 Å². The molecule has 0 saturated carbocycles. The second-order valence-electron chi connectivity index (χ2n) is 5.92. The summed E-state index contributed by atoms with van der Waals surface area (Å²) < 4.78 is 48.4. The molecule has 0 radical (unpaired) electrons. The summed E-state index contributed by atoms with van der Waals surface area (Å²) in [6.07, 6.45) is -2.34. The van der Waals surface area contributed by atoms with E-state index in [1.807, 2.05) is 0 Å². The van der Waals surface area contributed by atoms with Crippen LogP contribution in [0, 0.1) is 10.1 Å². The van der Waals surface area contributed by atoms with Gasteiger partial charge in [0.2, 0.25) is 0 Å². The maximum Gasteiger partial charge on any atom is 0.408 e. The lowest BCUT2D eigenvalue weighted by atomic mass is 10.3. The van der Waals surface area contributed by atoms with Crippen molar-refractivity contribution in [3.8, 4) is 5.75 Å². The van der Waals surface area contributed by atoms with E-state index in [2.05, 4.69) is 10.4 Å². The number of alkyl halides is 3. The second kappa shape index (κ2) is 8.45. The Morgan fingerprint density at radius 3 is 2.80 bits per heavy atom. The fourth-order valence-corrected chi connectivity index (χ4v) is 2.51. The Morgan fingerprint density at radius 1 is 1.33 bits per heavy atom. The van der Waals surface area contributed by atoms with Gasteiger partial charge < -0.3 is 14.5 Å². The number of ether oxygens (including phenoxy) is 1. The van der Waals surface area contributed by atoms with Crippen LogP contribution >= 0.6 is 11.6 Å². The molecule has 0 aliphatic rings. The molecular formula is C17H12ClF3N4O5. The molecule has 2 heterocycles. The lowest BCUT2D eigenvalue weighted by Gasteiger charge is -2.06. The number of aromatic nitrogens is 2. The van der Waals surface area contributed by atoms with Crippen molar-refractivity contribution in [3.63, 3.8) is 0 Å². The number of nitrogens with one attached hydrogen (secondary N) is 1. The zero-order valence-corrected chi connectivity index (χ0v) is 15.6. The maximum absolute atomic E-state index is 12.3. The smallest absolute Gasteiger partial charge is 0.408 e. The summed E-state index contributed by atoms with van der Waals surface area (Å²) in [6, 6.07) is 6.46. The number of hydrogen-bond donors (Lipinski definition) is 1. The highest BCUT2D eigenvalue weighted by Gasteiger charge is 2.28. The molecule has 3 aromatic rings. The van der Waals surface area contributed by atoms with Crippen molar-refractivity contribution < 1.29 is 32.0 Å². The van der Waals surface area contributed by atoms with Gasteiger partial charge in [-0.2, -0.15) is 18.3 Å². The molecule has 0 atom stereocenters. The molecule has 0 aliphatic heterocycles. The average molecular weight is 445 g/mol. The highest BCUT2D eigenvalue weighted by molar-refractivity contribution is 6.32. The number of furan rings is 1. The second-order valence-corrected chi connectivity index (χ2v) is 6.33. The first-order valence-electron chi connectivity index (χ1n) is 8.17. The van der Waals surface area contributed by atoms with Crippen LogP contribution < -0.4 is 10.1 Å². The first-order valence-corrected chi connectivity index (χ1v) is 8.54. The van der Waals surface area contributed by atoms with Crippen LogP contribution in [-0.4, -0.2) is 26.8 Å². The summed E-state index contributed by atoms with van der Waals surface area (Å²) in [7, 11) is 0. The number of non-ortho nitro benzene ring substituents is 1. The predicted molar refractivity (Wildman–Crippen MR) is 97.4 cm³/mol. The first kappa shape index (κ1) is 21.2. The highest BCUT2D eigenvalue weighted by atomic mass is 35.5. The van der Waals surface area contributed by atoms with Gasteiger partial charge in [0.05, 0.1) is 27.9 Å². The molecule has 1 amide bonds. The number of carbonyl (C=O) groups is 1. The van der Waals surface area contributed by atoms with Gasteiger partial charge in [-0.15, -0.1) is 0 Å². The predicted octanol–water partition coefficient (Wildman–Crippen LogP) is 4.43. The van der Waals surface area contributed by atoms with Gasteiger partial charge in [-0.3, -0.25) is 19.6 Å². The minimum absolute atomic E-state index is 0.0572. The van der Waals surface area contributed by atoms with Crippen LogP contribution in [0.4, 0.5) is 24.5 Å². The maximum atomic E-state index is 12.3. The molecule has 0 bridgehead atoms. The molecule has 0 saturated heterocycles. The molecule has 1 N–H and O–H groups in total. The van der Waals surface area contributed by atoms with Crippen molar-refractivity contribution >= 4 is 28.9 Å². The van der Waals surface area contributed by atoms with Crippen LogP contribution in [0.25, 0.3) is 0 Å². The number of carbonyl (C=O) groups excluding carboxylic acids is 1. The Hall–Kier alpha value is -3.54. The normalized spacial score (nSPS) is 11.3. The quantitative estimate of drug-likeness (QED) is 0.426. The van der Waals surface area contributed by atoms with E-state index in [1.54, 1.807) is 0 Å². The molecule has 9 nitrogen and oxygen atoms in total. The number of hydrogen-bond acceptors (Lipinski definition) is 6. The van der Waals surface area contributed by atoms with Crippen LogP contribution in [0.3, 0.4) is 0 Å². The number of anilines is 1. The third-order valence-electron chi connectivity index (χ3n) is 3.61. The molecule has 30 heavy (non-hydrogen) atoms. The van der Waals surface area contributed by atoms with Crippen molar-refractivity contribution in [2.45, 2.75) is 19.3 Å². The lowest BCUT2D eigenvalue weighted by molar-refractivity contribution is -0.384. The average Bonchev–Trinajstić information content (AvgIpc) is 3.29. The Balaban J connectivity index is 1.60. The molecule has 0 aliphatic carbocycles. The Bertz CT molecular complexity index is 1080. The van der Waals surface area contributed by atoms with Crippen molar-refractivity contribution in [2.24, 2.45) is 0 Å². The summed E-state index contributed by atoms with van der Waals surface area (Å²) in [5.41, 5.74) is -0.151. The number of halogens is 4. The van der Waals surface area contributed by atoms with Crippen molar-refractivity contribution in [2.75, 3.05) is 5.32 Å². The standard InChI is InChI=1S/C17H12ClF3N4O5/c18-13-3-1-11(25(27)28)5-15(13)29-8-12-2-4-14(30-12)16(26)23-10-6-22-24(7-10)9-17(19,20)21/h1-7H,8-9H2,(H,23,26). The molecular weight excluding hydrogens is 433 g/mol. The SMILES string of the molecule is O=C(Nc1cnn(CC(F)(F)F)c1)c1ccc(COc2cc([N+](=O)[O-])ccc2Cl)o1. The van der Waals surface area contributed by atoms with Crippen LogP contribution in [0.1, 0.15) is 16.3 Å². The van der Waals surface area contributed by atoms with E-state index in [0.717, 1.165) is 18.5 Å². The highest BCUT2D eigenvalue weighted by Crippen LogP contribution is 2.29. The molecule has 0 spiro atoms. The zero-order valence-electron chi connectivity index (χ0n) is 14.9. The van der Waals surface area contributed by atoms with Gasteiger partial charge in [-0.05, 0) is 18.2 Å². The third kappa shape index (κ3) is 5.50. The minimum atomic E-state index is -4.44. The van der Waals surface area contributed by atoms with Gasteiger partial charge in [-0.25, -0.2) is 0 Å². The van der Waals surface area contributed by atoms with Gasteiger partial charge >= 0.3 is 6.18 Å². The van der Waals surface area contributed by atoms with E-state index in [1.165, 1.54) is 24.3 Å². The summed E-state index contributed by atoms with van der Waals surface area (Å²) >= 11 is 5.93. The molecule has 0 fully saturated rings. The van der Waals surface area contributed by atoms with Crippen LogP contribution in [0.15, 0.2) is 47.1 Å². The van der Waals surface area contributed by atoms with Gasteiger partial charge in [-0.1, -0.05) is 11.6 Å². The van der Waals surface area contributed by atoms with E-state index in [4.69, 9.17) is 20.8 Å². The summed E-state index contributed by atoms with van der Waals surface area (Å²) in [5.74, 6) is -0.552. The van der Waals surface area contributed by atoms with E-state index in [9.17, 15) is 28.1 Å². The van der Waals surface area contributed by atoms with Gasteiger partial charge in [0.15, 0.2) is 5.76 Å². The molecule has 13 heteroatoms. The van der Waals surface area contributed by atoms with Crippen LogP contribution in [0.5, 0.6) is 5.75 Å². The third-order valence-corrected chi connectivity index (χ3v) is 3.93. The Morgan fingerprint density at radius 2 is 2.10 bits per heavy atom. The zero-order chi connectivity index (χ0) is 21.9. The topological polar surface area (TPSA) is 112 Å². The van der Waals surface area contributed by atoms with E-state index in [-0.39, 0.29) is 40.3 Å². The summed E-state index contributed by atoms with van der Waals surface area (Å²) in [6.45, 7) is -1.46. The lowest BCUT2D eigenvalue weighted by Crippen LogP contribution is -2.17. The number of amides is 1. The van der Waals surface area contributed by atoms with Gasteiger partial charge in [0.1, 0.15) is 24.7 Å². The summed E-state index contributed by atoms with van der Waals surface area (Å²) in [5, 5.41) is 16.8. The number of nitrogens with zero attached hydrogens (tertiary/aromatic N) is 3. The molecule has 1 aromatic carbocycles. The largest absolute Gasteiger partial charge is 0.484 e. The fraction of sp³-hybridized carbons (Fsp3) is 0.176. The molecule has 158 valence electrons. The minimum Gasteiger partial charge on any atom is -0.484 e. The van der Waals surface area contributed by atoms with Crippen molar-refractivity contribution in [1.29, 1.82) is 0 Å². The van der Waals surface area contributed by atoms with Crippen LogP contribution in [0.2, 0.25) is 5.02 Å². The summed E-state index contributed by atoms with van der Waals surface area (Å²) in [4.78, 5) is 22.4. The molecule has 0 unspecified atom stereocenters. The molecule has 3 rings (SSSR count). The Kier molecular flexibility index (Phi) is 5.96. The van der Waals surface area contributed by atoms with E-state index < -0.39 is 23.6 Å².